The molecule has 1 spiro atoms. The average molecular weight is 943 g/mol. The van der Waals surface area contributed by atoms with Gasteiger partial charge in [0.25, 0.3) is 5.91 Å². The van der Waals surface area contributed by atoms with Gasteiger partial charge in [0, 0.05) is 80.9 Å². The summed E-state index contributed by atoms with van der Waals surface area (Å²) >= 11 is 0. The number of carbonyl (C=O) groups is 5. The minimum Gasteiger partial charge on any atom is -0.508 e. The summed E-state index contributed by atoms with van der Waals surface area (Å²) in [6, 6.07) is 12.2. The molecule has 4 amide bonds. The molecular formula is C53H66N8O8. The van der Waals surface area contributed by atoms with Crippen LogP contribution in [0.2, 0.25) is 0 Å². The van der Waals surface area contributed by atoms with Gasteiger partial charge in [-0.3, -0.25) is 34.0 Å². The van der Waals surface area contributed by atoms with Gasteiger partial charge in [0.2, 0.25) is 17.7 Å². The van der Waals surface area contributed by atoms with Gasteiger partial charge >= 0.3 is 5.97 Å². The Morgan fingerprint density at radius 2 is 1.86 bits per heavy atom. The largest absolute Gasteiger partial charge is 0.508 e. The van der Waals surface area contributed by atoms with Crippen LogP contribution in [0.25, 0.3) is 33.3 Å². The monoisotopic (exact) mass is 943 g/mol. The molecule has 2 aromatic carbocycles. The fourth-order valence-electron chi connectivity index (χ4n) is 11.2. The second-order valence-electron chi connectivity index (χ2n) is 20.6. The van der Waals surface area contributed by atoms with E-state index in [4.69, 9.17) is 14.5 Å². The molecule has 0 radical (unpaired) electrons. The Labute approximate surface area is 403 Å². The van der Waals surface area contributed by atoms with Crippen molar-refractivity contribution in [1.82, 2.24) is 40.4 Å². The molecule has 4 saturated heterocycles. The molecule has 2 aromatic heterocycles. The molecule has 0 aliphatic carbocycles. The van der Waals surface area contributed by atoms with E-state index in [-0.39, 0.29) is 49.3 Å². The van der Waals surface area contributed by atoms with Crippen molar-refractivity contribution in [2.24, 2.45) is 10.8 Å². The average Bonchev–Trinajstić information content (AvgIpc) is 4.10. The van der Waals surface area contributed by atoms with Crippen LogP contribution in [-0.2, 0) is 52.8 Å². The van der Waals surface area contributed by atoms with Crippen molar-refractivity contribution < 1.29 is 38.6 Å². The summed E-state index contributed by atoms with van der Waals surface area (Å²) in [4.78, 5) is 79.3. The van der Waals surface area contributed by atoms with Crippen molar-refractivity contribution in [2.75, 3.05) is 46.4 Å². The summed E-state index contributed by atoms with van der Waals surface area (Å²) in [6.45, 7) is 16.9. The van der Waals surface area contributed by atoms with Crippen LogP contribution in [0.1, 0.15) is 89.6 Å². The van der Waals surface area contributed by atoms with E-state index in [0.717, 1.165) is 39.0 Å². The molecule has 9 rings (SSSR count). The van der Waals surface area contributed by atoms with Crippen LogP contribution in [-0.4, -0.2) is 130 Å². The predicted octanol–water partition coefficient (Wildman–Crippen LogP) is 5.21. The van der Waals surface area contributed by atoms with E-state index < -0.39 is 46.7 Å². The van der Waals surface area contributed by atoms with Gasteiger partial charge in [0.15, 0.2) is 0 Å². The maximum Gasteiger partial charge on any atom is 0.324 e. The summed E-state index contributed by atoms with van der Waals surface area (Å²) in [7, 11) is 1.67. The third kappa shape index (κ3) is 9.38. The normalized spacial score (nSPS) is 24.8. The number of rotatable bonds is 9. The zero-order valence-electron chi connectivity index (χ0n) is 40.7. The number of nitrogens with zero attached hydrogens (tertiary/aromatic N) is 5. The minimum absolute atomic E-state index is 0.00207. The second-order valence-corrected chi connectivity index (χ2v) is 20.6. The lowest BCUT2D eigenvalue weighted by molar-refractivity contribution is -0.155. The van der Waals surface area contributed by atoms with Crippen LogP contribution in [0.5, 0.6) is 5.75 Å². The van der Waals surface area contributed by atoms with Crippen LogP contribution in [0, 0.1) is 10.8 Å². The van der Waals surface area contributed by atoms with Crippen LogP contribution in [0.3, 0.4) is 0 Å². The summed E-state index contributed by atoms with van der Waals surface area (Å²) in [5.74, 6) is -1.75. The van der Waals surface area contributed by atoms with Gasteiger partial charge in [-0.2, -0.15) is 0 Å². The Morgan fingerprint density at radius 1 is 1.06 bits per heavy atom. The summed E-state index contributed by atoms with van der Waals surface area (Å²) < 4.78 is 14.2. The molecule has 6 atom stereocenters. The van der Waals surface area contributed by atoms with Crippen LogP contribution < -0.4 is 16.1 Å². The van der Waals surface area contributed by atoms with E-state index in [1.807, 2.05) is 25.1 Å². The van der Waals surface area contributed by atoms with Gasteiger partial charge in [0.1, 0.15) is 23.9 Å². The molecule has 69 heavy (non-hydrogen) atoms. The highest BCUT2D eigenvalue weighted by Crippen LogP contribution is 2.44. The van der Waals surface area contributed by atoms with E-state index in [9.17, 15) is 29.1 Å². The lowest BCUT2D eigenvalue weighted by atomic mass is 9.78. The van der Waals surface area contributed by atoms with Gasteiger partial charge < -0.3 is 39.6 Å². The van der Waals surface area contributed by atoms with E-state index >= 15 is 0 Å². The molecule has 4 aromatic rings. The quantitative estimate of drug-likeness (QED) is 0.0977. The van der Waals surface area contributed by atoms with Crippen LogP contribution >= 0.6 is 0 Å². The van der Waals surface area contributed by atoms with Gasteiger partial charge in [-0.1, -0.05) is 32.6 Å². The van der Waals surface area contributed by atoms with Crippen molar-refractivity contribution in [2.45, 2.75) is 116 Å². The van der Waals surface area contributed by atoms with Crippen LogP contribution in [0.15, 0.2) is 66.9 Å². The highest BCUT2D eigenvalue weighted by Gasteiger charge is 2.53. The highest BCUT2D eigenvalue weighted by atomic mass is 16.5. The van der Waals surface area contributed by atoms with E-state index in [1.165, 1.54) is 5.01 Å². The predicted molar refractivity (Wildman–Crippen MR) is 260 cm³/mol. The number of hydrazine groups is 1. The van der Waals surface area contributed by atoms with Crippen molar-refractivity contribution in [1.29, 1.82) is 0 Å². The van der Waals surface area contributed by atoms with E-state index in [1.54, 1.807) is 42.2 Å². The molecule has 5 aliphatic rings. The number of carbonyl (C=O) groups excluding carboxylic acids is 5. The molecule has 6 bridgehead atoms. The standard InChI is InChI=1S/C53H66N8O8/c1-8-59-43-15-14-34-26-38(43)39(46(59)37-12-9-18-54-44(37)32(4)68-7)27-52(5,6)30-69-50(66)40-13-10-20-61(57-40)49(65)41(24-33-22-35(34)25-36(62)23-33)56-47(63)45(31(2)3)60-21-17-53(51(60)67)16-11-19-58(29-53)48(64)42-28-55-42/h9,12,14-15,18,22-23,25-26,32,40-42,45,55,57,62H,2,8,10-11,13,16-17,19-21,24,27-30H2,1,3-7H3,(H,56,63)/t32-,40-,41-,42+,45-,53+/m0/s1. The lowest BCUT2D eigenvalue weighted by Crippen LogP contribution is -2.62. The summed E-state index contributed by atoms with van der Waals surface area (Å²) in [6.07, 6.45) is 4.72. The van der Waals surface area contributed by atoms with Gasteiger partial charge in [0.05, 0.1) is 35.6 Å². The number of aryl methyl sites for hydroxylation is 1. The SMILES string of the molecule is C=C(C)[C@@H](C(=O)N[C@H]1Cc2cc(O)cc(c2)-c2ccc3c(c2)c(c(-c2cccnc2[C@H](C)OC)n3CC)CC(C)(C)COC(=O)[C@@H]2CCCN(N2)C1=O)N1CC[C@@]2(CCCN(C(=O)[C@H]3CN3)C2)C1=O. The molecule has 7 heterocycles. The van der Waals surface area contributed by atoms with Gasteiger partial charge in [-0.05, 0) is 124 Å². The van der Waals surface area contributed by atoms with Crippen molar-refractivity contribution in [3.05, 3.63) is 83.7 Å². The number of methoxy groups -OCH3 is 1. The Hall–Kier alpha value is -6.10. The summed E-state index contributed by atoms with van der Waals surface area (Å²) in [5, 5.41) is 19.9. The number of aromatic hydroxyl groups is 1. The highest BCUT2D eigenvalue weighted by molar-refractivity contribution is 5.97. The summed E-state index contributed by atoms with van der Waals surface area (Å²) in [5.41, 5.74) is 9.16. The molecule has 16 nitrogen and oxygen atoms in total. The number of cyclic esters (lactones) is 1. The first-order chi connectivity index (χ1) is 33.0. The number of benzene rings is 2. The number of hydrogen-bond donors (Lipinski definition) is 4. The lowest BCUT2D eigenvalue weighted by Gasteiger charge is -2.40. The van der Waals surface area contributed by atoms with Crippen molar-refractivity contribution >= 4 is 40.5 Å². The number of amides is 4. The Kier molecular flexibility index (Phi) is 13.2. The van der Waals surface area contributed by atoms with Crippen molar-refractivity contribution in [3.8, 4) is 28.1 Å². The number of pyridine rings is 1. The van der Waals surface area contributed by atoms with E-state index in [0.29, 0.717) is 87.9 Å². The topological polar surface area (TPSA) is 198 Å². The fourth-order valence-corrected chi connectivity index (χ4v) is 11.2. The Balaban J connectivity index is 1.10. The van der Waals surface area contributed by atoms with Crippen molar-refractivity contribution in [3.63, 3.8) is 0 Å². The second kappa shape index (κ2) is 19.0. The number of ether oxygens (including phenoxy) is 2. The number of likely N-dealkylation sites (tertiary alicyclic amines) is 2. The first kappa shape index (κ1) is 47.9. The van der Waals surface area contributed by atoms with Gasteiger partial charge in [-0.15, -0.1) is 0 Å². The third-order valence-electron chi connectivity index (χ3n) is 14.8. The first-order valence-electron chi connectivity index (χ1n) is 24.5. The Bertz CT molecular complexity index is 2710. The minimum atomic E-state index is -1.19. The number of piperidine rings is 1. The van der Waals surface area contributed by atoms with E-state index in [2.05, 4.69) is 66.2 Å². The number of phenolic OH excluding ortho intramolecular Hbond substituents is 1. The molecular weight excluding hydrogens is 877 g/mol. The Morgan fingerprint density at radius 3 is 2.59 bits per heavy atom. The van der Waals surface area contributed by atoms with Gasteiger partial charge in [-0.25, -0.2) is 5.43 Å². The molecule has 4 fully saturated rings. The first-order valence-corrected chi connectivity index (χ1v) is 24.5. The molecule has 0 saturated carbocycles. The zero-order valence-corrected chi connectivity index (χ0v) is 40.7. The number of phenols is 1. The zero-order chi connectivity index (χ0) is 48.9. The smallest absolute Gasteiger partial charge is 0.324 e. The molecule has 366 valence electrons. The molecule has 0 unspecified atom stereocenters. The molecule has 4 N–H and O–H groups in total. The molecule has 5 aliphatic heterocycles. The number of hydrogen-bond acceptors (Lipinski definition) is 11. The third-order valence-corrected chi connectivity index (χ3v) is 14.8. The number of esters is 1. The fraction of sp³-hybridized carbons (Fsp3) is 0.509. The number of aromatic nitrogens is 2. The maximum absolute atomic E-state index is 14.8. The van der Waals surface area contributed by atoms with Crippen LogP contribution in [0.4, 0.5) is 0 Å². The number of nitrogens with one attached hydrogen (secondary N) is 3. The number of fused-ring (bicyclic) bond motifs is 6. The maximum atomic E-state index is 14.8. The molecule has 16 heteroatoms.